The zero-order valence-corrected chi connectivity index (χ0v) is 10.9. The third kappa shape index (κ3) is 5.61. The van der Waals surface area contributed by atoms with Crippen LogP contribution in [0.25, 0.3) is 0 Å². The summed E-state index contributed by atoms with van der Waals surface area (Å²) in [6.45, 7) is 3.64. The van der Waals surface area contributed by atoms with Gasteiger partial charge < -0.3 is 11.1 Å². The van der Waals surface area contributed by atoms with Crippen LogP contribution in [0.2, 0.25) is 0 Å². The fraction of sp³-hybridized carbons (Fsp3) is 0.909. The Morgan fingerprint density at radius 1 is 1.44 bits per heavy atom. The van der Waals surface area contributed by atoms with Crippen LogP contribution in [-0.2, 0) is 15.6 Å². The summed E-state index contributed by atoms with van der Waals surface area (Å²) < 4.78 is 11.6. The van der Waals surface area contributed by atoms with E-state index >= 15 is 0 Å². The fourth-order valence-electron chi connectivity index (χ4n) is 1.95. The summed E-state index contributed by atoms with van der Waals surface area (Å²) in [5.74, 6) is 0.344. The second-order valence-corrected chi connectivity index (χ2v) is 6.72. The van der Waals surface area contributed by atoms with Crippen LogP contribution in [0.15, 0.2) is 0 Å². The quantitative estimate of drug-likeness (QED) is 0.743. The number of amides is 1. The van der Waals surface area contributed by atoms with Crippen LogP contribution >= 0.6 is 0 Å². The van der Waals surface area contributed by atoms with Gasteiger partial charge in [0.1, 0.15) is 5.75 Å². The normalized spacial score (nSPS) is 19.7. The minimum atomic E-state index is -1.16. The summed E-state index contributed by atoms with van der Waals surface area (Å²) in [6, 6.07) is 0.301. The lowest BCUT2D eigenvalue weighted by atomic mass is 10.1. The Morgan fingerprint density at radius 3 is 2.50 bits per heavy atom. The van der Waals surface area contributed by atoms with Gasteiger partial charge in [-0.05, 0) is 26.7 Å². The third-order valence-corrected chi connectivity index (χ3v) is 4.20. The van der Waals surface area contributed by atoms with Gasteiger partial charge in [0.25, 0.3) is 0 Å². The van der Waals surface area contributed by atoms with Crippen LogP contribution in [0.4, 0.5) is 0 Å². The first-order valence-corrected chi connectivity index (χ1v) is 7.29. The van der Waals surface area contributed by atoms with Crippen molar-refractivity contribution < 1.29 is 9.00 Å². The highest BCUT2D eigenvalue weighted by molar-refractivity contribution is 7.85. The van der Waals surface area contributed by atoms with Crippen LogP contribution in [0.5, 0.6) is 0 Å². The summed E-state index contributed by atoms with van der Waals surface area (Å²) in [6.07, 6.45) is 4.48. The standard InChI is InChI=1S/C11H22N2O2S/c1-11(2,12)8-16(15)7-10(14)13-9-5-3-4-6-9/h9H,3-8,12H2,1-2H3,(H,13,14). The molecule has 5 heteroatoms. The van der Waals surface area contributed by atoms with Gasteiger partial charge in [-0.2, -0.15) is 0 Å². The van der Waals surface area contributed by atoms with Gasteiger partial charge in [0.15, 0.2) is 0 Å². The van der Waals surface area contributed by atoms with Gasteiger partial charge in [0, 0.05) is 28.1 Å². The first kappa shape index (κ1) is 13.6. The van der Waals surface area contributed by atoms with Gasteiger partial charge in [-0.3, -0.25) is 9.00 Å². The molecule has 1 atom stereocenters. The van der Waals surface area contributed by atoms with Crippen molar-refractivity contribution in [2.24, 2.45) is 5.73 Å². The highest BCUT2D eigenvalue weighted by atomic mass is 32.2. The van der Waals surface area contributed by atoms with Crippen molar-refractivity contribution in [2.45, 2.75) is 51.1 Å². The summed E-state index contributed by atoms with van der Waals surface area (Å²) in [5.41, 5.74) is 5.28. The average Bonchev–Trinajstić information content (AvgIpc) is 2.51. The summed E-state index contributed by atoms with van der Waals surface area (Å²) in [4.78, 5) is 11.6. The van der Waals surface area contributed by atoms with Gasteiger partial charge >= 0.3 is 0 Å². The van der Waals surface area contributed by atoms with E-state index in [1.807, 2.05) is 13.8 Å². The number of nitrogens with one attached hydrogen (secondary N) is 1. The first-order chi connectivity index (χ1) is 7.37. The lowest BCUT2D eigenvalue weighted by molar-refractivity contribution is -0.119. The predicted octanol–water partition coefficient (Wildman–Crippen LogP) is 0.531. The number of nitrogens with two attached hydrogens (primary N) is 1. The summed E-state index contributed by atoms with van der Waals surface area (Å²) >= 11 is 0. The van der Waals surface area contributed by atoms with Gasteiger partial charge in [0.2, 0.25) is 5.91 Å². The smallest absolute Gasteiger partial charge is 0.232 e. The molecule has 0 radical (unpaired) electrons. The third-order valence-electron chi connectivity index (χ3n) is 2.55. The molecule has 0 bridgehead atoms. The molecule has 1 aliphatic rings. The monoisotopic (exact) mass is 246 g/mol. The van der Waals surface area contributed by atoms with Gasteiger partial charge in [-0.1, -0.05) is 12.8 Å². The largest absolute Gasteiger partial charge is 0.353 e. The molecule has 1 amide bonds. The Labute approximate surface area is 99.8 Å². The highest BCUT2D eigenvalue weighted by Gasteiger charge is 2.20. The van der Waals surface area contributed by atoms with Crippen LogP contribution in [0.1, 0.15) is 39.5 Å². The van der Waals surface area contributed by atoms with Gasteiger partial charge in [0.05, 0.1) is 0 Å². The molecule has 3 N–H and O–H groups in total. The Balaban J connectivity index is 2.25. The van der Waals surface area contributed by atoms with Crippen LogP contribution in [0.3, 0.4) is 0 Å². The van der Waals surface area contributed by atoms with E-state index in [1.54, 1.807) is 0 Å². The van der Waals surface area contributed by atoms with Crippen LogP contribution < -0.4 is 11.1 Å². The number of carbonyl (C=O) groups is 1. The fourth-order valence-corrected chi connectivity index (χ4v) is 3.26. The number of carbonyl (C=O) groups excluding carboxylic acids is 1. The minimum absolute atomic E-state index is 0.0805. The topological polar surface area (TPSA) is 72.2 Å². The van der Waals surface area contributed by atoms with Crippen molar-refractivity contribution in [2.75, 3.05) is 11.5 Å². The van der Waals surface area contributed by atoms with Crippen LogP contribution in [0, 0.1) is 0 Å². The molecule has 0 saturated heterocycles. The molecule has 0 aromatic heterocycles. The second kappa shape index (κ2) is 5.77. The molecule has 1 rings (SSSR count). The molecule has 16 heavy (non-hydrogen) atoms. The zero-order chi connectivity index (χ0) is 12.2. The van der Waals surface area contributed by atoms with Crippen molar-refractivity contribution in [3.63, 3.8) is 0 Å². The SMILES string of the molecule is CC(C)(N)CS(=O)CC(=O)NC1CCCC1. The highest BCUT2D eigenvalue weighted by Crippen LogP contribution is 2.17. The molecule has 94 valence electrons. The van der Waals surface area contributed by atoms with E-state index in [4.69, 9.17) is 5.73 Å². The maximum Gasteiger partial charge on any atom is 0.232 e. The van der Waals surface area contributed by atoms with Crippen LogP contribution in [-0.4, -0.2) is 33.2 Å². The van der Waals surface area contributed by atoms with Crippen molar-refractivity contribution in [1.82, 2.24) is 5.32 Å². The minimum Gasteiger partial charge on any atom is -0.353 e. The Morgan fingerprint density at radius 2 is 2.00 bits per heavy atom. The number of hydrogen-bond donors (Lipinski definition) is 2. The molecule has 0 aromatic carbocycles. The van der Waals surface area contributed by atoms with E-state index in [-0.39, 0.29) is 11.7 Å². The lowest BCUT2D eigenvalue weighted by Crippen LogP contribution is -2.41. The van der Waals surface area contributed by atoms with E-state index in [9.17, 15) is 9.00 Å². The van der Waals surface area contributed by atoms with Crippen molar-refractivity contribution >= 4 is 16.7 Å². The summed E-state index contributed by atoms with van der Waals surface area (Å²) in [5, 5.41) is 2.92. The lowest BCUT2D eigenvalue weighted by Gasteiger charge is -2.18. The van der Waals surface area contributed by atoms with Gasteiger partial charge in [-0.25, -0.2) is 0 Å². The second-order valence-electron chi connectivity index (χ2n) is 5.27. The van der Waals surface area contributed by atoms with Gasteiger partial charge in [-0.15, -0.1) is 0 Å². The number of rotatable bonds is 5. The summed E-state index contributed by atoms with van der Waals surface area (Å²) in [7, 11) is -1.16. The van der Waals surface area contributed by atoms with E-state index in [1.165, 1.54) is 12.8 Å². The van der Waals surface area contributed by atoms with E-state index in [2.05, 4.69) is 5.32 Å². The Hall–Kier alpha value is -0.420. The molecular formula is C11H22N2O2S. The van der Waals surface area contributed by atoms with Crippen molar-refractivity contribution in [3.8, 4) is 0 Å². The molecule has 1 aliphatic carbocycles. The Kier molecular flexibility index (Phi) is 4.92. The van der Waals surface area contributed by atoms with E-state index < -0.39 is 16.3 Å². The molecule has 0 heterocycles. The molecule has 1 saturated carbocycles. The first-order valence-electron chi connectivity index (χ1n) is 5.80. The maximum atomic E-state index is 11.6. The Bertz CT molecular complexity index is 268. The zero-order valence-electron chi connectivity index (χ0n) is 10.1. The molecule has 0 spiro atoms. The molecule has 0 aromatic rings. The molecule has 1 unspecified atom stereocenters. The van der Waals surface area contributed by atoms with Crippen molar-refractivity contribution in [3.05, 3.63) is 0 Å². The van der Waals surface area contributed by atoms with E-state index in [0.29, 0.717) is 11.8 Å². The maximum absolute atomic E-state index is 11.6. The molecule has 1 fully saturated rings. The number of hydrogen-bond acceptors (Lipinski definition) is 3. The molecular weight excluding hydrogens is 224 g/mol. The molecule has 0 aliphatic heterocycles. The predicted molar refractivity (Wildman–Crippen MR) is 66.5 cm³/mol. The average molecular weight is 246 g/mol. The van der Waals surface area contributed by atoms with E-state index in [0.717, 1.165) is 12.8 Å². The van der Waals surface area contributed by atoms with Crippen molar-refractivity contribution in [1.29, 1.82) is 0 Å². The molecule has 4 nitrogen and oxygen atoms in total.